The highest BCUT2D eigenvalue weighted by atomic mass is 19.1. The van der Waals surface area contributed by atoms with Crippen LogP contribution in [0.15, 0.2) is 24.3 Å². The summed E-state index contributed by atoms with van der Waals surface area (Å²) in [6.45, 7) is 4.12. The molecule has 0 heterocycles. The molecule has 0 radical (unpaired) electrons. The van der Waals surface area contributed by atoms with Crippen molar-refractivity contribution in [1.29, 1.82) is 0 Å². The van der Waals surface area contributed by atoms with Gasteiger partial charge in [0.2, 0.25) is 0 Å². The molecule has 1 unspecified atom stereocenters. The molecule has 94 valence electrons. The highest BCUT2D eigenvalue weighted by Gasteiger charge is 2.16. The highest BCUT2D eigenvalue weighted by molar-refractivity contribution is 5.75. The highest BCUT2D eigenvalue weighted by Crippen LogP contribution is 2.07. The van der Waals surface area contributed by atoms with Crippen LogP contribution < -0.4 is 5.73 Å². The lowest BCUT2D eigenvalue weighted by atomic mass is 10.1. The van der Waals surface area contributed by atoms with Crippen LogP contribution in [-0.2, 0) is 16.1 Å². The molecule has 4 heteroatoms. The molecule has 0 saturated heterocycles. The van der Waals surface area contributed by atoms with Crippen LogP contribution in [0.5, 0.6) is 0 Å². The summed E-state index contributed by atoms with van der Waals surface area (Å²) in [6, 6.07) is 5.23. The maximum Gasteiger partial charge on any atom is 0.323 e. The molecule has 1 atom stereocenters. The standard InChI is InChI=1S/C13H18FNO2/c1-9(2)7-12(15)13(16)17-8-10-3-5-11(14)6-4-10/h3-6,9,12H,7-8,15H2,1-2H3. The first kappa shape index (κ1) is 13.6. The molecule has 1 aromatic rings. The van der Waals surface area contributed by atoms with Gasteiger partial charge in [-0.25, -0.2) is 4.39 Å². The number of hydrogen-bond acceptors (Lipinski definition) is 3. The number of ether oxygens (including phenoxy) is 1. The van der Waals surface area contributed by atoms with E-state index in [2.05, 4.69) is 0 Å². The zero-order valence-corrected chi connectivity index (χ0v) is 10.2. The van der Waals surface area contributed by atoms with Crippen LogP contribution in [0, 0.1) is 11.7 Å². The van der Waals surface area contributed by atoms with Crippen molar-refractivity contribution in [1.82, 2.24) is 0 Å². The van der Waals surface area contributed by atoms with Crippen LogP contribution in [0.25, 0.3) is 0 Å². The van der Waals surface area contributed by atoms with Crippen molar-refractivity contribution < 1.29 is 13.9 Å². The molecule has 17 heavy (non-hydrogen) atoms. The van der Waals surface area contributed by atoms with Gasteiger partial charge in [-0.1, -0.05) is 26.0 Å². The topological polar surface area (TPSA) is 52.3 Å². The van der Waals surface area contributed by atoms with Gasteiger partial charge in [0.25, 0.3) is 0 Å². The van der Waals surface area contributed by atoms with Crippen molar-refractivity contribution in [2.75, 3.05) is 0 Å². The molecule has 3 nitrogen and oxygen atoms in total. The second kappa shape index (κ2) is 6.35. The number of carbonyl (C=O) groups is 1. The Kier molecular flexibility index (Phi) is 5.10. The fourth-order valence-electron chi connectivity index (χ4n) is 1.45. The summed E-state index contributed by atoms with van der Waals surface area (Å²) in [5.41, 5.74) is 6.42. The van der Waals surface area contributed by atoms with Crippen molar-refractivity contribution in [2.45, 2.75) is 32.9 Å². The van der Waals surface area contributed by atoms with Gasteiger partial charge in [0, 0.05) is 0 Å². The Morgan fingerprint density at radius 2 is 1.94 bits per heavy atom. The molecular formula is C13H18FNO2. The van der Waals surface area contributed by atoms with Crippen LogP contribution in [0.4, 0.5) is 4.39 Å². The summed E-state index contributed by atoms with van der Waals surface area (Å²) in [6.07, 6.45) is 0.599. The Bertz CT molecular complexity index is 362. The summed E-state index contributed by atoms with van der Waals surface area (Å²) in [4.78, 5) is 11.5. The van der Waals surface area contributed by atoms with Crippen LogP contribution in [0.2, 0.25) is 0 Å². The zero-order valence-electron chi connectivity index (χ0n) is 10.2. The van der Waals surface area contributed by atoms with Crippen LogP contribution in [-0.4, -0.2) is 12.0 Å². The summed E-state index contributed by atoms with van der Waals surface area (Å²) in [5.74, 6) is -0.372. The minimum Gasteiger partial charge on any atom is -0.460 e. The number of esters is 1. The maximum atomic E-state index is 12.6. The Balaban J connectivity index is 2.40. The zero-order chi connectivity index (χ0) is 12.8. The van der Waals surface area contributed by atoms with E-state index < -0.39 is 12.0 Å². The second-order valence-corrected chi connectivity index (χ2v) is 4.47. The number of halogens is 1. The average molecular weight is 239 g/mol. The van der Waals surface area contributed by atoms with E-state index in [-0.39, 0.29) is 12.4 Å². The van der Waals surface area contributed by atoms with E-state index in [1.165, 1.54) is 12.1 Å². The van der Waals surface area contributed by atoms with Crippen molar-refractivity contribution in [3.63, 3.8) is 0 Å². The van der Waals surface area contributed by atoms with E-state index in [1.807, 2.05) is 13.8 Å². The molecule has 0 aliphatic heterocycles. The molecule has 0 saturated carbocycles. The van der Waals surface area contributed by atoms with E-state index in [0.29, 0.717) is 12.3 Å². The molecule has 2 N–H and O–H groups in total. The fourth-order valence-corrected chi connectivity index (χ4v) is 1.45. The lowest BCUT2D eigenvalue weighted by Crippen LogP contribution is -2.33. The Hall–Kier alpha value is -1.42. The first-order valence-corrected chi connectivity index (χ1v) is 5.65. The summed E-state index contributed by atoms with van der Waals surface area (Å²) in [5, 5.41) is 0. The monoisotopic (exact) mass is 239 g/mol. The van der Waals surface area contributed by atoms with Gasteiger partial charge in [0.05, 0.1) is 0 Å². The van der Waals surface area contributed by atoms with Gasteiger partial charge in [-0.3, -0.25) is 4.79 Å². The van der Waals surface area contributed by atoms with Gasteiger partial charge in [-0.05, 0) is 30.0 Å². The largest absolute Gasteiger partial charge is 0.460 e. The van der Waals surface area contributed by atoms with Crippen LogP contribution in [0.1, 0.15) is 25.8 Å². The minimum absolute atomic E-state index is 0.130. The first-order valence-electron chi connectivity index (χ1n) is 5.65. The molecule has 0 amide bonds. The smallest absolute Gasteiger partial charge is 0.323 e. The van der Waals surface area contributed by atoms with Gasteiger partial charge in [-0.2, -0.15) is 0 Å². The molecule has 0 spiro atoms. The lowest BCUT2D eigenvalue weighted by Gasteiger charge is -2.13. The van der Waals surface area contributed by atoms with E-state index in [9.17, 15) is 9.18 Å². The van der Waals surface area contributed by atoms with Gasteiger partial charge in [0.1, 0.15) is 18.5 Å². The Labute approximate surface area is 101 Å². The van der Waals surface area contributed by atoms with Crippen molar-refractivity contribution in [2.24, 2.45) is 11.7 Å². The number of nitrogens with two attached hydrogens (primary N) is 1. The van der Waals surface area contributed by atoms with Crippen LogP contribution in [0.3, 0.4) is 0 Å². The Morgan fingerprint density at radius 1 is 1.35 bits per heavy atom. The number of rotatable bonds is 5. The third kappa shape index (κ3) is 4.95. The van der Waals surface area contributed by atoms with Crippen molar-refractivity contribution in [3.8, 4) is 0 Å². The van der Waals surface area contributed by atoms with Gasteiger partial charge in [-0.15, -0.1) is 0 Å². The molecule has 0 aliphatic rings. The SMILES string of the molecule is CC(C)CC(N)C(=O)OCc1ccc(F)cc1. The number of carbonyl (C=O) groups excluding carboxylic acids is 1. The molecule has 1 aromatic carbocycles. The summed E-state index contributed by atoms with van der Waals surface area (Å²) < 4.78 is 17.7. The molecule has 0 bridgehead atoms. The van der Waals surface area contributed by atoms with Crippen molar-refractivity contribution >= 4 is 5.97 Å². The van der Waals surface area contributed by atoms with E-state index >= 15 is 0 Å². The third-order valence-corrected chi connectivity index (χ3v) is 2.32. The van der Waals surface area contributed by atoms with Gasteiger partial charge >= 0.3 is 5.97 Å². The predicted molar refractivity (Wildman–Crippen MR) is 63.6 cm³/mol. The number of hydrogen-bond donors (Lipinski definition) is 1. The Morgan fingerprint density at radius 3 is 2.47 bits per heavy atom. The molecule has 1 rings (SSSR count). The van der Waals surface area contributed by atoms with E-state index in [1.54, 1.807) is 12.1 Å². The third-order valence-electron chi connectivity index (χ3n) is 2.32. The quantitative estimate of drug-likeness (QED) is 0.802. The lowest BCUT2D eigenvalue weighted by molar-refractivity contribution is -0.146. The van der Waals surface area contributed by atoms with Gasteiger partial charge in [0.15, 0.2) is 0 Å². The van der Waals surface area contributed by atoms with Crippen molar-refractivity contribution in [3.05, 3.63) is 35.6 Å². The molecule has 0 aliphatic carbocycles. The van der Waals surface area contributed by atoms with Gasteiger partial charge < -0.3 is 10.5 Å². The van der Waals surface area contributed by atoms with Crippen LogP contribution >= 0.6 is 0 Å². The first-order chi connectivity index (χ1) is 7.99. The fraction of sp³-hybridized carbons (Fsp3) is 0.462. The second-order valence-electron chi connectivity index (χ2n) is 4.47. The molecule has 0 fully saturated rings. The normalized spacial score (nSPS) is 12.5. The average Bonchev–Trinajstić information content (AvgIpc) is 2.27. The predicted octanol–water partition coefficient (Wildman–Crippen LogP) is 2.24. The summed E-state index contributed by atoms with van der Waals surface area (Å²) >= 11 is 0. The molecule has 0 aromatic heterocycles. The molecular weight excluding hydrogens is 221 g/mol. The van der Waals surface area contributed by atoms with E-state index in [4.69, 9.17) is 10.5 Å². The maximum absolute atomic E-state index is 12.6. The summed E-state index contributed by atoms with van der Waals surface area (Å²) in [7, 11) is 0. The number of benzene rings is 1. The van der Waals surface area contributed by atoms with E-state index in [0.717, 1.165) is 5.56 Å². The minimum atomic E-state index is -0.588.